The molecule has 0 spiro atoms. The highest BCUT2D eigenvalue weighted by Gasteiger charge is 2.23. The summed E-state index contributed by atoms with van der Waals surface area (Å²) in [7, 11) is 0. The summed E-state index contributed by atoms with van der Waals surface area (Å²) in [6.45, 7) is 0. The van der Waals surface area contributed by atoms with Crippen LogP contribution in [-0.4, -0.2) is 9.13 Å². The van der Waals surface area contributed by atoms with Crippen molar-refractivity contribution in [3.05, 3.63) is 94.6 Å². The first-order valence-electron chi connectivity index (χ1n) is 9.87. The predicted molar refractivity (Wildman–Crippen MR) is 118 cm³/mol. The van der Waals surface area contributed by atoms with Gasteiger partial charge in [0.25, 0.3) is 0 Å². The number of allylic oxidation sites excluding steroid dienone is 2. The maximum atomic E-state index is 2.44. The molecule has 2 heteroatoms. The minimum absolute atomic E-state index is 0.974. The highest BCUT2D eigenvalue weighted by atomic mass is 15.1. The predicted octanol–water partition coefficient (Wildman–Crippen LogP) is 4.82. The van der Waals surface area contributed by atoms with Crippen molar-refractivity contribution in [2.24, 2.45) is 0 Å². The Balaban J connectivity index is 1.87. The molecule has 134 valence electrons. The number of benzene rings is 2. The topological polar surface area (TPSA) is 9.86 Å². The standard InChI is InChI=1S/C26H20N2/c1-3-11-19(12-4-1)27-23-17-9-7-15-21(23)26-25(27)22-16-8-10-18-24(22)28(26)20-13-5-2-6-14-20/h1-8,11-18H,9-10H2. The molecule has 2 aliphatic rings. The van der Waals surface area contributed by atoms with Gasteiger partial charge in [-0.05, 0) is 37.1 Å². The van der Waals surface area contributed by atoms with E-state index in [4.69, 9.17) is 0 Å². The Morgan fingerprint density at radius 3 is 1.39 bits per heavy atom. The van der Waals surface area contributed by atoms with E-state index in [0.717, 1.165) is 12.8 Å². The number of para-hydroxylation sites is 2. The Kier molecular flexibility index (Phi) is 3.33. The summed E-state index contributed by atoms with van der Waals surface area (Å²) in [6.07, 6.45) is 15.8. The summed E-state index contributed by atoms with van der Waals surface area (Å²) >= 11 is 0. The molecule has 0 atom stereocenters. The van der Waals surface area contributed by atoms with Crippen molar-refractivity contribution in [1.29, 1.82) is 0 Å². The minimum Gasteiger partial charge on any atom is -0.307 e. The van der Waals surface area contributed by atoms with Crippen LogP contribution >= 0.6 is 0 Å². The number of fused-ring (bicyclic) bond motifs is 5. The SMILES string of the molecule is C1=Cc2c(n(-c3ccccc3)c3c4c(n(-c5ccccc5)c23)=CCC=C4)=CC1. The van der Waals surface area contributed by atoms with Crippen LogP contribution in [-0.2, 0) is 0 Å². The van der Waals surface area contributed by atoms with E-state index in [1.54, 1.807) is 0 Å². The van der Waals surface area contributed by atoms with Gasteiger partial charge >= 0.3 is 0 Å². The summed E-state index contributed by atoms with van der Waals surface area (Å²) in [5, 5.41) is 2.59. The normalized spacial score (nSPS) is 14.4. The number of aromatic nitrogens is 2. The zero-order valence-corrected chi connectivity index (χ0v) is 15.5. The molecule has 0 bridgehead atoms. The van der Waals surface area contributed by atoms with Gasteiger partial charge in [0.05, 0.1) is 21.7 Å². The van der Waals surface area contributed by atoms with Gasteiger partial charge in [-0.1, -0.05) is 72.9 Å². The van der Waals surface area contributed by atoms with E-state index in [9.17, 15) is 0 Å². The first-order valence-corrected chi connectivity index (χ1v) is 9.87. The summed E-state index contributed by atoms with van der Waals surface area (Å²) in [5.74, 6) is 0. The Morgan fingerprint density at radius 1 is 0.536 bits per heavy atom. The monoisotopic (exact) mass is 360 g/mol. The lowest BCUT2D eigenvalue weighted by Gasteiger charge is -2.10. The van der Waals surface area contributed by atoms with E-state index in [1.807, 2.05) is 0 Å². The van der Waals surface area contributed by atoms with E-state index in [1.165, 1.54) is 44.2 Å². The van der Waals surface area contributed by atoms with Gasteiger partial charge in [0.2, 0.25) is 0 Å². The first-order chi connectivity index (χ1) is 13.9. The Labute approximate surface area is 163 Å². The minimum atomic E-state index is 0.974. The number of hydrogen-bond donors (Lipinski definition) is 0. The fourth-order valence-corrected chi connectivity index (χ4v) is 4.58. The fourth-order valence-electron chi connectivity index (χ4n) is 4.58. The second-order valence-electron chi connectivity index (χ2n) is 7.32. The third kappa shape index (κ3) is 2.09. The summed E-state index contributed by atoms with van der Waals surface area (Å²) in [5.41, 5.74) is 7.64. The molecular weight excluding hydrogens is 340 g/mol. The van der Waals surface area contributed by atoms with Gasteiger partial charge < -0.3 is 9.13 Å². The molecule has 0 saturated heterocycles. The van der Waals surface area contributed by atoms with Gasteiger partial charge in [-0.2, -0.15) is 0 Å². The third-order valence-corrected chi connectivity index (χ3v) is 5.71. The highest BCUT2D eigenvalue weighted by molar-refractivity contribution is 5.98. The van der Waals surface area contributed by atoms with Crippen molar-refractivity contribution in [2.45, 2.75) is 12.8 Å². The van der Waals surface area contributed by atoms with E-state index in [2.05, 4.69) is 106 Å². The maximum absolute atomic E-state index is 2.44. The van der Waals surface area contributed by atoms with Gasteiger partial charge in [0.15, 0.2) is 0 Å². The quantitative estimate of drug-likeness (QED) is 0.485. The third-order valence-electron chi connectivity index (χ3n) is 5.71. The molecule has 0 saturated carbocycles. The van der Waals surface area contributed by atoms with Crippen molar-refractivity contribution in [2.75, 3.05) is 0 Å². The Morgan fingerprint density at radius 2 is 0.964 bits per heavy atom. The average molecular weight is 360 g/mol. The second-order valence-corrected chi connectivity index (χ2v) is 7.32. The number of hydrogen-bond acceptors (Lipinski definition) is 0. The van der Waals surface area contributed by atoms with E-state index in [0.29, 0.717) is 0 Å². The van der Waals surface area contributed by atoms with Crippen LogP contribution in [0.5, 0.6) is 0 Å². The fraction of sp³-hybridized carbons (Fsp3) is 0.0769. The first kappa shape index (κ1) is 15.5. The smallest absolute Gasteiger partial charge is 0.0803 e. The lowest BCUT2D eigenvalue weighted by molar-refractivity contribution is 1.05. The van der Waals surface area contributed by atoms with Crippen LogP contribution in [0.15, 0.2) is 72.8 Å². The summed E-state index contributed by atoms with van der Waals surface area (Å²) in [4.78, 5) is 0. The van der Waals surface area contributed by atoms with Crippen LogP contribution in [0.4, 0.5) is 0 Å². The Bertz CT molecular complexity index is 1270. The van der Waals surface area contributed by atoms with Crippen LogP contribution in [0.2, 0.25) is 0 Å². The van der Waals surface area contributed by atoms with Crippen LogP contribution in [0.3, 0.4) is 0 Å². The molecule has 0 fully saturated rings. The van der Waals surface area contributed by atoms with Crippen molar-refractivity contribution in [3.63, 3.8) is 0 Å². The van der Waals surface area contributed by atoms with Gasteiger partial charge in [0.1, 0.15) is 0 Å². The number of rotatable bonds is 2. The lowest BCUT2D eigenvalue weighted by Crippen LogP contribution is -2.22. The van der Waals surface area contributed by atoms with Gasteiger partial charge in [-0.15, -0.1) is 0 Å². The lowest BCUT2D eigenvalue weighted by atomic mass is 10.1. The largest absolute Gasteiger partial charge is 0.307 e. The molecular formula is C26H20N2. The van der Waals surface area contributed by atoms with Crippen molar-refractivity contribution in [3.8, 4) is 11.4 Å². The molecule has 2 aromatic heterocycles. The molecule has 28 heavy (non-hydrogen) atoms. The van der Waals surface area contributed by atoms with E-state index >= 15 is 0 Å². The zero-order valence-electron chi connectivity index (χ0n) is 15.5. The Hall–Kier alpha value is -3.52. The van der Waals surface area contributed by atoms with Crippen LogP contribution in [0.1, 0.15) is 24.0 Å². The van der Waals surface area contributed by atoms with E-state index < -0.39 is 0 Å². The molecule has 2 aliphatic carbocycles. The van der Waals surface area contributed by atoms with Crippen molar-refractivity contribution < 1.29 is 0 Å². The number of nitrogens with zero attached hydrogens (tertiary/aromatic N) is 2. The molecule has 2 heterocycles. The molecule has 0 radical (unpaired) electrons. The summed E-state index contributed by atoms with van der Waals surface area (Å²) < 4.78 is 4.88. The molecule has 0 unspecified atom stereocenters. The molecule has 0 amide bonds. The maximum Gasteiger partial charge on any atom is 0.0803 e. The molecule has 0 aliphatic heterocycles. The highest BCUT2D eigenvalue weighted by Crippen LogP contribution is 2.30. The molecule has 0 N–H and O–H groups in total. The van der Waals surface area contributed by atoms with Gasteiger partial charge in [-0.25, -0.2) is 0 Å². The van der Waals surface area contributed by atoms with E-state index in [-0.39, 0.29) is 0 Å². The van der Waals surface area contributed by atoms with Gasteiger partial charge in [0, 0.05) is 22.5 Å². The van der Waals surface area contributed by atoms with Crippen LogP contribution in [0, 0.1) is 0 Å². The molecule has 6 rings (SSSR count). The summed E-state index contributed by atoms with van der Waals surface area (Å²) in [6, 6.07) is 21.5. The average Bonchev–Trinajstić information content (AvgIpc) is 3.28. The molecule has 4 aromatic rings. The molecule has 2 aromatic carbocycles. The van der Waals surface area contributed by atoms with Crippen molar-refractivity contribution >= 4 is 35.3 Å². The zero-order chi connectivity index (χ0) is 18.5. The van der Waals surface area contributed by atoms with Crippen LogP contribution < -0.4 is 10.7 Å². The van der Waals surface area contributed by atoms with Crippen molar-refractivity contribution in [1.82, 2.24) is 9.13 Å². The molecule has 2 nitrogen and oxygen atoms in total. The van der Waals surface area contributed by atoms with Crippen LogP contribution in [0.25, 0.3) is 46.7 Å². The second kappa shape index (κ2) is 6.00. The van der Waals surface area contributed by atoms with Gasteiger partial charge in [-0.3, -0.25) is 0 Å².